The topological polar surface area (TPSA) is 78.3 Å². The van der Waals surface area contributed by atoms with Gasteiger partial charge in [-0.3, -0.25) is 4.79 Å². The van der Waals surface area contributed by atoms with Crippen LogP contribution in [0.15, 0.2) is 48.5 Å². The number of hydrogen-bond acceptors (Lipinski definition) is 5. The van der Waals surface area contributed by atoms with Gasteiger partial charge in [0, 0.05) is 0 Å². The van der Waals surface area contributed by atoms with Crippen LogP contribution < -0.4 is 14.8 Å². The number of nitrogens with one attached hydrogen (secondary N) is 1. The van der Waals surface area contributed by atoms with Crippen molar-refractivity contribution in [1.29, 1.82) is 0 Å². The first-order valence-electron chi connectivity index (χ1n) is 9.40. The van der Waals surface area contributed by atoms with E-state index >= 15 is 0 Å². The second-order valence-electron chi connectivity index (χ2n) is 6.51. The molecule has 1 aromatic heterocycles. The van der Waals surface area contributed by atoms with Crippen LogP contribution in [-0.2, 0) is 0 Å². The normalized spacial score (nSPS) is 11.9. The third kappa shape index (κ3) is 4.91. The summed E-state index contributed by atoms with van der Waals surface area (Å²) in [5.41, 5.74) is 2.16. The zero-order valence-corrected chi connectivity index (χ0v) is 16.8. The second kappa shape index (κ2) is 9.34. The summed E-state index contributed by atoms with van der Waals surface area (Å²) in [7, 11) is 0. The maximum atomic E-state index is 12.7. The van der Waals surface area contributed by atoms with Gasteiger partial charge in [0.15, 0.2) is 5.69 Å². The van der Waals surface area contributed by atoms with Crippen molar-refractivity contribution in [2.75, 3.05) is 6.61 Å². The van der Waals surface area contributed by atoms with Crippen LogP contribution in [0.4, 0.5) is 8.78 Å². The molecule has 30 heavy (non-hydrogen) atoms. The van der Waals surface area contributed by atoms with Crippen molar-refractivity contribution in [3.05, 3.63) is 65.5 Å². The number of nitrogens with zero attached hydrogens (tertiary/aromatic N) is 3. The number of ether oxygens (including phenoxy) is 2. The SMILES string of the molecule is CCOc1cccc(C(C)NC(=O)c2nnn(-c3ccc(OC(F)F)cc3)c2C)c1. The number of carbonyl (C=O) groups is 1. The van der Waals surface area contributed by atoms with E-state index in [1.807, 2.05) is 38.1 Å². The molecule has 1 atom stereocenters. The molecule has 158 valence electrons. The summed E-state index contributed by atoms with van der Waals surface area (Å²) in [5, 5.41) is 10.9. The third-order valence-electron chi connectivity index (χ3n) is 4.43. The molecule has 9 heteroatoms. The Kier molecular flexibility index (Phi) is 6.61. The molecule has 0 fully saturated rings. The van der Waals surface area contributed by atoms with Crippen molar-refractivity contribution in [2.24, 2.45) is 0 Å². The van der Waals surface area contributed by atoms with Gasteiger partial charge < -0.3 is 14.8 Å². The van der Waals surface area contributed by atoms with Gasteiger partial charge in [-0.2, -0.15) is 8.78 Å². The zero-order valence-electron chi connectivity index (χ0n) is 16.8. The van der Waals surface area contributed by atoms with E-state index in [-0.39, 0.29) is 23.4 Å². The van der Waals surface area contributed by atoms with Gasteiger partial charge in [-0.1, -0.05) is 17.3 Å². The lowest BCUT2D eigenvalue weighted by Gasteiger charge is -2.15. The van der Waals surface area contributed by atoms with Crippen molar-refractivity contribution in [3.8, 4) is 17.2 Å². The molecule has 1 heterocycles. The number of rotatable bonds is 8. The molecule has 7 nitrogen and oxygen atoms in total. The van der Waals surface area contributed by atoms with Gasteiger partial charge in [-0.05, 0) is 62.7 Å². The van der Waals surface area contributed by atoms with Gasteiger partial charge in [-0.25, -0.2) is 4.68 Å². The lowest BCUT2D eigenvalue weighted by atomic mass is 10.1. The highest BCUT2D eigenvalue weighted by Gasteiger charge is 2.20. The Morgan fingerprint density at radius 1 is 1.17 bits per heavy atom. The first kappa shape index (κ1) is 21.2. The Labute approximate surface area is 172 Å². The van der Waals surface area contributed by atoms with E-state index in [2.05, 4.69) is 20.4 Å². The van der Waals surface area contributed by atoms with Crippen LogP contribution in [0, 0.1) is 6.92 Å². The van der Waals surface area contributed by atoms with Crippen molar-refractivity contribution >= 4 is 5.91 Å². The monoisotopic (exact) mass is 416 g/mol. The molecule has 0 radical (unpaired) electrons. The molecule has 0 aliphatic rings. The van der Waals surface area contributed by atoms with Gasteiger partial charge in [0.1, 0.15) is 11.5 Å². The minimum Gasteiger partial charge on any atom is -0.494 e. The molecule has 2 aromatic carbocycles. The Morgan fingerprint density at radius 2 is 1.90 bits per heavy atom. The molecule has 0 bridgehead atoms. The van der Waals surface area contributed by atoms with Crippen molar-refractivity contribution in [1.82, 2.24) is 20.3 Å². The lowest BCUT2D eigenvalue weighted by molar-refractivity contribution is -0.0498. The molecule has 0 saturated carbocycles. The number of benzene rings is 2. The molecule has 3 rings (SSSR count). The molecule has 1 amide bonds. The molecule has 0 aliphatic carbocycles. The first-order chi connectivity index (χ1) is 14.4. The highest BCUT2D eigenvalue weighted by molar-refractivity contribution is 5.93. The van der Waals surface area contributed by atoms with E-state index in [1.165, 1.54) is 16.8 Å². The van der Waals surface area contributed by atoms with Gasteiger partial charge in [0.25, 0.3) is 5.91 Å². The fourth-order valence-corrected chi connectivity index (χ4v) is 2.94. The number of alkyl halides is 2. The predicted molar refractivity (Wildman–Crippen MR) is 106 cm³/mol. The van der Waals surface area contributed by atoms with Crippen LogP contribution in [0.3, 0.4) is 0 Å². The van der Waals surface area contributed by atoms with Crippen molar-refractivity contribution in [3.63, 3.8) is 0 Å². The van der Waals surface area contributed by atoms with E-state index in [4.69, 9.17) is 4.74 Å². The second-order valence-corrected chi connectivity index (χ2v) is 6.51. The molecule has 0 spiro atoms. The van der Waals surface area contributed by atoms with Crippen LogP contribution >= 0.6 is 0 Å². The molecular weight excluding hydrogens is 394 g/mol. The minimum absolute atomic E-state index is 0.0348. The van der Waals surface area contributed by atoms with Crippen molar-refractivity contribution in [2.45, 2.75) is 33.4 Å². The largest absolute Gasteiger partial charge is 0.494 e. The summed E-state index contributed by atoms with van der Waals surface area (Å²) in [6, 6.07) is 13.1. The average Bonchev–Trinajstić information content (AvgIpc) is 3.10. The Balaban J connectivity index is 1.73. The summed E-state index contributed by atoms with van der Waals surface area (Å²) < 4.78 is 35.9. The molecular formula is C21H22F2N4O3. The van der Waals surface area contributed by atoms with Gasteiger partial charge in [0.2, 0.25) is 0 Å². The molecule has 1 unspecified atom stereocenters. The Hall–Kier alpha value is -3.49. The zero-order chi connectivity index (χ0) is 21.7. The third-order valence-corrected chi connectivity index (χ3v) is 4.43. The van der Waals surface area contributed by atoms with E-state index in [9.17, 15) is 13.6 Å². The van der Waals surface area contributed by atoms with Gasteiger partial charge in [0.05, 0.1) is 24.0 Å². The molecule has 1 N–H and O–H groups in total. The molecule has 0 aliphatic heterocycles. The van der Waals surface area contributed by atoms with E-state index in [0.29, 0.717) is 18.0 Å². The number of carbonyl (C=O) groups excluding carboxylic acids is 1. The number of hydrogen-bond donors (Lipinski definition) is 1. The maximum Gasteiger partial charge on any atom is 0.387 e. The smallest absolute Gasteiger partial charge is 0.387 e. The highest BCUT2D eigenvalue weighted by atomic mass is 19.3. The Bertz CT molecular complexity index is 1010. The highest BCUT2D eigenvalue weighted by Crippen LogP contribution is 2.21. The van der Waals surface area contributed by atoms with E-state index < -0.39 is 6.61 Å². The fraction of sp³-hybridized carbons (Fsp3) is 0.286. The predicted octanol–water partition coefficient (Wildman–Crippen LogP) is 4.07. The quantitative estimate of drug-likeness (QED) is 0.599. The molecule has 0 saturated heterocycles. The minimum atomic E-state index is -2.89. The van der Waals surface area contributed by atoms with Crippen LogP contribution in [0.5, 0.6) is 11.5 Å². The summed E-state index contributed by atoms with van der Waals surface area (Å²) >= 11 is 0. The van der Waals surface area contributed by atoms with E-state index in [1.54, 1.807) is 19.1 Å². The Morgan fingerprint density at radius 3 is 2.57 bits per heavy atom. The number of halogens is 2. The summed E-state index contributed by atoms with van der Waals surface area (Å²) in [4.78, 5) is 12.7. The van der Waals surface area contributed by atoms with Crippen molar-refractivity contribution < 1.29 is 23.0 Å². The fourth-order valence-electron chi connectivity index (χ4n) is 2.94. The summed E-state index contributed by atoms with van der Waals surface area (Å²) in [6.07, 6.45) is 0. The standard InChI is InChI=1S/C21H22F2N4O3/c1-4-29-18-7-5-6-15(12-18)13(2)24-20(28)19-14(3)27(26-25-19)16-8-10-17(11-9-16)30-21(22)23/h5-13,21H,4H2,1-3H3,(H,24,28). The van der Waals surface area contributed by atoms with Crippen LogP contribution in [0.2, 0.25) is 0 Å². The summed E-state index contributed by atoms with van der Waals surface area (Å²) in [5.74, 6) is 0.399. The van der Waals surface area contributed by atoms with E-state index in [0.717, 1.165) is 11.3 Å². The first-order valence-corrected chi connectivity index (χ1v) is 9.40. The van der Waals surface area contributed by atoms with Gasteiger partial charge in [-0.15, -0.1) is 5.10 Å². The van der Waals surface area contributed by atoms with Crippen LogP contribution in [0.1, 0.15) is 41.6 Å². The average molecular weight is 416 g/mol. The van der Waals surface area contributed by atoms with Gasteiger partial charge >= 0.3 is 6.61 Å². The summed E-state index contributed by atoms with van der Waals surface area (Å²) in [6.45, 7) is 3.14. The van der Waals surface area contributed by atoms with Crippen LogP contribution in [0.25, 0.3) is 5.69 Å². The number of aromatic nitrogens is 3. The molecule has 3 aromatic rings. The van der Waals surface area contributed by atoms with Crippen LogP contribution in [-0.4, -0.2) is 34.1 Å². The number of amides is 1. The lowest BCUT2D eigenvalue weighted by Crippen LogP contribution is -2.27. The maximum absolute atomic E-state index is 12.7.